The number of fused-ring (bicyclic) bond motifs is 7. The Kier molecular flexibility index (Phi) is 8.64. The zero-order chi connectivity index (χ0) is 31.6. The first-order chi connectivity index (χ1) is 20.0. The molecule has 0 unspecified atom stereocenters. The van der Waals surface area contributed by atoms with E-state index in [2.05, 4.69) is 48.5 Å². The second kappa shape index (κ2) is 11.3. The standard InChI is InChI=1S/C37H60O6/c1-23(2)25-13-18-37(21-22-42-31(41)12-11-30(39)40)20-19-35(7)26(32(25)37)9-10-28-34(6)16-15-29(43-24(3)38)33(4,5)27(34)14-17-36(28,35)8/h23,25-29,32H,9-22H2,1-8H3,(H,39,40)/t25-,26-,27+,28+,29+,32+,34-,35+,36+,37+/m0/s1. The normalized spacial score (nSPS) is 44.9. The Morgan fingerprint density at radius 2 is 1.53 bits per heavy atom. The van der Waals surface area contributed by atoms with Gasteiger partial charge >= 0.3 is 17.9 Å². The number of hydrogen-bond acceptors (Lipinski definition) is 5. The summed E-state index contributed by atoms with van der Waals surface area (Å²) >= 11 is 0. The second-order valence-corrected chi connectivity index (χ2v) is 17.3. The lowest BCUT2D eigenvalue weighted by Crippen LogP contribution is -2.66. The van der Waals surface area contributed by atoms with E-state index in [-0.39, 0.29) is 58.0 Å². The number of esters is 2. The highest BCUT2D eigenvalue weighted by molar-refractivity contribution is 5.76. The summed E-state index contributed by atoms with van der Waals surface area (Å²) in [6.45, 7) is 19.5. The van der Waals surface area contributed by atoms with Crippen LogP contribution in [0.25, 0.3) is 0 Å². The maximum absolute atomic E-state index is 12.3. The molecule has 5 saturated carbocycles. The third-order valence-electron chi connectivity index (χ3n) is 15.2. The van der Waals surface area contributed by atoms with Crippen molar-refractivity contribution in [1.82, 2.24) is 0 Å². The van der Waals surface area contributed by atoms with E-state index in [1.165, 1.54) is 51.4 Å². The Morgan fingerprint density at radius 3 is 2.19 bits per heavy atom. The van der Waals surface area contributed by atoms with Gasteiger partial charge in [-0.05, 0) is 128 Å². The first kappa shape index (κ1) is 32.8. The van der Waals surface area contributed by atoms with Crippen LogP contribution in [-0.2, 0) is 23.9 Å². The molecular formula is C37H60O6. The molecule has 0 spiro atoms. The first-order valence-electron chi connectivity index (χ1n) is 17.6. The molecule has 0 radical (unpaired) electrons. The van der Waals surface area contributed by atoms with E-state index in [1.54, 1.807) is 6.92 Å². The molecule has 0 aromatic heterocycles. The van der Waals surface area contributed by atoms with Gasteiger partial charge in [-0.25, -0.2) is 0 Å². The summed E-state index contributed by atoms with van der Waals surface area (Å²) in [7, 11) is 0. The van der Waals surface area contributed by atoms with E-state index in [0.717, 1.165) is 19.3 Å². The zero-order valence-corrected chi connectivity index (χ0v) is 28.4. The lowest BCUT2D eigenvalue weighted by Gasteiger charge is -2.73. The number of carboxylic acids is 1. The van der Waals surface area contributed by atoms with Gasteiger partial charge < -0.3 is 14.6 Å². The van der Waals surface area contributed by atoms with Crippen LogP contribution in [0.4, 0.5) is 0 Å². The van der Waals surface area contributed by atoms with E-state index in [0.29, 0.717) is 42.1 Å². The molecule has 43 heavy (non-hydrogen) atoms. The van der Waals surface area contributed by atoms with Crippen molar-refractivity contribution < 1.29 is 29.0 Å². The Balaban J connectivity index is 1.40. The highest BCUT2D eigenvalue weighted by atomic mass is 16.5. The van der Waals surface area contributed by atoms with Gasteiger partial charge in [0.15, 0.2) is 0 Å². The summed E-state index contributed by atoms with van der Waals surface area (Å²) < 4.78 is 11.6. The summed E-state index contributed by atoms with van der Waals surface area (Å²) in [5.74, 6) is 2.45. The van der Waals surface area contributed by atoms with Gasteiger partial charge in [-0.3, -0.25) is 14.4 Å². The monoisotopic (exact) mass is 600 g/mol. The molecule has 10 atom stereocenters. The maximum Gasteiger partial charge on any atom is 0.306 e. The lowest BCUT2D eigenvalue weighted by atomic mass is 9.32. The van der Waals surface area contributed by atoms with Crippen molar-refractivity contribution in [3.8, 4) is 0 Å². The van der Waals surface area contributed by atoms with Crippen molar-refractivity contribution in [3.63, 3.8) is 0 Å². The molecule has 0 bridgehead atoms. The van der Waals surface area contributed by atoms with Crippen LogP contribution in [0.2, 0.25) is 0 Å². The fraction of sp³-hybridized carbons (Fsp3) is 0.919. The fourth-order valence-corrected chi connectivity index (χ4v) is 13.0. The molecule has 0 aromatic rings. The van der Waals surface area contributed by atoms with Gasteiger partial charge in [0.05, 0.1) is 19.4 Å². The van der Waals surface area contributed by atoms with Gasteiger partial charge in [-0.2, -0.15) is 0 Å². The van der Waals surface area contributed by atoms with Crippen molar-refractivity contribution in [3.05, 3.63) is 0 Å². The van der Waals surface area contributed by atoms with E-state index in [4.69, 9.17) is 14.6 Å². The quantitative estimate of drug-likeness (QED) is 0.281. The number of carbonyl (C=O) groups is 3. The van der Waals surface area contributed by atoms with Crippen LogP contribution >= 0.6 is 0 Å². The zero-order valence-electron chi connectivity index (χ0n) is 28.4. The highest BCUT2D eigenvalue weighted by Gasteiger charge is 2.71. The molecule has 0 aliphatic heterocycles. The van der Waals surface area contributed by atoms with E-state index in [9.17, 15) is 14.4 Å². The van der Waals surface area contributed by atoms with E-state index < -0.39 is 5.97 Å². The number of carbonyl (C=O) groups excluding carboxylic acids is 2. The van der Waals surface area contributed by atoms with Gasteiger partial charge in [0, 0.05) is 12.3 Å². The van der Waals surface area contributed by atoms with E-state index in [1.807, 2.05) is 0 Å². The summed E-state index contributed by atoms with van der Waals surface area (Å²) in [5.41, 5.74) is 1.03. The summed E-state index contributed by atoms with van der Waals surface area (Å²) in [6, 6.07) is 0. The highest BCUT2D eigenvalue weighted by Crippen LogP contribution is 2.78. The number of ether oxygens (including phenoxy) is 2. The first-order valence-corrected chi connectivity index (χ1v) is 17.6. The molecule has 5 aliphatic rings. The van der Waals surface area contributed by atoms with Gasteiger partial charge in [0.1, 0.15) is 6.10 Å². The molecule has 5 aliphatic carbocycles. The van der Waals surface area contributed by atoms with Gasteiger partial charge in [-0.15, -0.1) is 0 Å². The molecule has 0 heterocycles. The molecule has 6 nitrogen and oxygen atoms in total. The smallest absolute Gasteiger partial charge is 0.306 e. The topological polar surface area (TPSA) is 89.9 Å². The van der Waals surface area contributed by atoms with Crippen LogP contribution < -0.4 is 0 Å². The van der Waals surface area contributed by atoms with Crippen LogP contribution in [-0.4, -0.2) is 35.7 Å². The molecule has 0 saturated heterocycles. The summed E-state index contributed by atoms with van der Waals surface area (Å²) in [5, 5.41) is 8.96. The van der Waals surface area contributed by atoms with Crippen LogP contribution in [0.3, 0.4) is 0 Å². The average molecular weight is 601 g/mol. The molecule has 6 heteroatoms. The van der Waals surface area contributed by atoms with Gasteiger partial charge in [0.25, 0.3) is 0 Å². The van der Waals surface area contributed by atoms with Crippen LogP contribution in [0, 0.1) is 62.6 Å². The average Bonchev–Trinajstić information content (AvgIpc) is 3.29. The largest absolute Gasteiger partial charge is 0.481 e. The molecular weight excluding hydrogens is 540 g/mol. The minimum Gasteiger partial charge on any atom is -0.481 e. The second-order valence-electron chi connectivity index (χ2n) is 17.3. The number of hydrogen-bond donors (Lipinski definition) is 1. The third kappa shape index (κ3) is 5.17. The SMILES string of the molecule is CC(=O)O[C@@H]1CC[C@@]2(C)[C@H](CC[C@]3(C)[C@@H]2CC[C@H]2[C@H]4[C@H](C(C)C)CC[C@]4(CCOC(=O)CCC(=O)O)CC[C@]23C)C1(C)C. The van der Waals surface area contributed by atoms with Crippen LogP contribution in [0.15, 0.2) is 0 Å². The minimum absolute atomic E-state index is 0.0122. The molecule has 5 fully saturated rings. The summed E-state index contributed by atoms with van der Waals surface area (Å²) in [4.78, 5) is 35.2. The molecule has 244 valence electrons. The predicted molar refractivity (Wildman–Crippen MR) is 167 cm³/mol. The van der Waals surface area contributed by atoms with Crippen molar-refractivity contribution in [1.29, 1.82) is 0 Å². The molecule has 1 N–H and O–H groups in total. The molecule has 0 aromatic carbocycles. The van der Waals surface area contributed by atoms with Gasteiger partial charge in [0.2, 0.25) is 0 Å². The van der Waals surface area contributed by atoms with Crippen LogP contribution in [0.5, 0.6) is 0 Å². The Hall–Kier alpha value is -1.59. The van der Waals surface area contributed by atoms with Gasteiger partial charge in [-0.1, -0.05) is 48.5 Å². The summed E-state index contributed by atoms with van der Waals surface area (Å²) in [6.07, 6.45) is 12.9. The predicted octanol–water partition coefficient (Wildman–Crippen LogP) is 8.45. The fourth-order valence-electron chi connectivity index (χ4n) is 13.0. The third-order valence-corrected chi connectivity index (χ3v) is 15.2. The number of carboxylic acid groups (broad SMARTS) is 1. The Labute approximate surface area is 260 Å². The molecule has 0 amide bonds. The lowest BCUT2D eigenvalue weighted by molar-refractivity contribution is -0.252. The van der Waals surface area contributed by atoms with Crippen LogP contribution in [0.1, 0.15) is 139 Å². The van der Waals surface area contributed by atoms with Crippen molar-refractivity contribution in [2.24, 2.45) is 62.6 Å². The number of rotatable bonds is 8. The van der Waals surface area contributed by atoms with Crippen molar-refractivity contribution in [2.45, 2.75) is 145 Å². The molecule has 5 rings (SSSR count). The van der Waals surface area contributed by atoms with Crippen molar-refractivity contribution in [2.75, 3.05) is 6.61 Å². The number of aliphatic carboxylic acids is 1. The Bertz CT molecular complexity index is 1100. The maximum atomic E-state index is 12.3. The van der Waals surface area contributed by atoms with E-state index >= 15 is 0 Å². The van der Waals surface area contributed by atoms with Crippen molar-refractivity contribution >= 4 is 17.9 Å². The minimum atomic E-state index is -0.953. The Morgan fingerprint density at radius 1 is 0.814 bits per heavy atom.